The van der Waals surface area contributed by atoms with Gasteiger partial charge in [-0.2, -0.15) is 0 Å². The molecule has 0 aliphatic carbocycles. The minimum absolute atomic E-state index is 0.410. The standard InChI is InChI=1S/C28H48O3/c1-19(2)11-9-12-20(3)13-10-14-21(4)16-18-30-28(8)17-15-25-24(7)26(29)22(5)23(6)27(25)31-28/h19-21,29H,9-18H2,1-8H3. The van der Waals surface area contributed by atoms with Gasteiger partial charge in [0.25, 0.3) is 0 Å². The number of hydrogen-bond donors (Lipinski definition) is 1. The Morgan fingerprint density at radius 1 is 0.871 bits per heavy atom. The summed E-state index contributed by atoms with van der Waals surface area (Å²) < 4.78 is 12.7. The number of benzene rings is 1. The van der Waals surface area contributed by atoms with E-state index >= 15 is 0 Å². The first-order valence-corrected chi connectivity index (χ1v) is 12.7. The van der Waals surface area contributed by atoms with Gasteiger partial charge in [-0.1, -0.05) is 66.2 Å². The Morgan fingerprint density at radius 2 is 1.45 bits per heavy atom. The van der Waals surface area contributed by atoms with E-state index in [9.17, 15) is 5.11 Å². The lowest BCUT2D eigenvalue weighted by Gasteiger charge is -2.37. The maximum atomic E-state index is 10.4. The first kappa shape index (κ1) is 26.0. The number of ether oxygens (including phenoxy) is 2. The highest BCUT2D eigenvalue weighted by Crippen LogP contribution is 2.43. The van der Waals surface area contributed by atoms with Crippen LogP contribution in [0.4, 0.5) is 0 Å². The first-order chi connectivity index (χ1) is 14.5. The number of fused-ring (bicyclic) bond motifs is 1. The summed E-state index contributed by atoms with van der Waals surface area (Å²) in [5, 5.41) is 10.4. The zero-order valence-corrected chi connectivity index (χ0v) is 21.6. The third-order valence-corrected chi connectivity index (χ3v) is 7.38. The smallest absolute Gasteiger partial charge is 0.208 e. The van der Waals surface area contributed by atoms with Crippen LogP contribution in [-0.4, -0.2) is 17.5 Å². The van der Waals surface area contributed by atoms with E-state index in [0.29, 0.717) is 11.7 Å². The molecule has 0 saturated carbocycles. The maximum Gasteiger partial charge on any atom is 0.208 e. The van der Waals surface area contributed by atoms with Gasteiger partial charge in [-0.05, 0) is 68.1 Å². The zero-order chi connectivity index (χ0) is 23.2. The van der Waals surface area contributed by atoms with Crippen molar-refractivity contribution in [3.63, 3.8) is 0 Å². The molecule has 1 N–H and O–H groups in total. The highest BCUT2D eigenvalue weighted by atomic mass is 16.7. The molecule has 2 rings (SSSR count). The van der Waals surface area contributed by atoms with Crippen LogP contribution in [0.1, 0.15) is 108 Å². The second-order valence-electron chi connectivity index (χ2n) is 10.9. The average Bonchev–Trinajstić information content (AvgIpc) is 2.70. The first-order valence-electron chi connectivity index (χ1n) is 12.7. The second kappa shape index (κ2) is 11.6. The van der Waals surface area contributed by atoms with Gasteiger partial charge < -0.3 is 14.6 Å². The van der Waals surface area contributed by atoms with Crippen LogP contribution >= 0.6 is 0 Å². The van der Waals surface area contributed by atoms with Gasteiger partial charge in [-0.3, -0.25) is 0 Å². The second-order valence-corrected chi connectivity index (χ2v) is 10.9. The van der Waals surface area contributed by atoms with Gasteiger partial charge in [0.05, 0.1) is 6.61 Å². The van der Waals surface area contributed by atoms with Crippen molar-refractivity contribution >= 4 is 0 Å². The average molecular weight is 433 g/mol. The fraction of sp³-hybridized carbons (Fsp3) is 0.786. The summed E-state index contributed by atoms with van der Waals surface area (Å²) in [6, 6.07) is 0. The molecule has 1 aliphatic heterocycles. The molecular formula is C28H48O3. The van der Waals surface area contributed by atoms with Crippen molar-refractivity contribution in [2.24, 2.45) is 17.8 Å². The van der Waals surface area contributed by atoms with E-state index in [1.165, 1.54) is 38.5 Å². The predicted octanol–water partition coefficient (Wildman–Crippen LogP) is 8.03. The maximum absolute atomic E-state index is 10.4. The Bertz CT molecular complexity index is 709. The normalized spacial score (nSPS) is 20.4. The molecule has 3 atom stereocenters. The minimum atomic E-state index is -0.571. The van der Waals surface area contributed by atoms with Crippen LogP contribution in [0.25, 0.3) is 0 Å². The molecular weight excluding hydrogens is 384 g/mol. The van der Waals surface area contributed by atoms with Crippen LogP contribution < -0.4 is 4.74 Å². The molecule has 0 aromatic heterocycles. The summed E-state index contributed by atoms with van der Waals surface area (Å²) in [6.45, 7) is 18.2. The van der Waals surface area contributed by atoms with Crippen LogP contribution in [-0.2, 0) is 11.2 Å². The Labute approximate surface area is 191 Å². The predicted molar refractivity (Wildman–Crippen MR) is 131 cm³/mol. The van der Waals surface area contributed by atoms with E-state index in [1.54, 1.807) is 0 Å². The Kier molecular flexibility index (Phi) is 9.73. The molecule has 1 aromatic rings. The van der Waals surface area contributed by atoms with Crippen LogP contribution in [0, 0.1) is 38.5 Å². The minimum Gasteiger partial charge on any atom is -0.507 e. The number of rotatable bonds is 12. The number of aromatic hydroxyl groups is 1. The van der Waals surface area contributed by atoms with Gasteiger partial charge in [-0.15, -0.1) is 0 Å². The third kappa shape index (κ3) is 7.41. The molecule has 0 amide bonds. The Morgan fingerprint density at radius 3 is 2.06 bits per heavy atom. The fourth-order valence-corrected chi connectivity index (χ4v) is 4.78. The van der Waals surface area contributed by atoms with E-state index < -0.39 is 5.79 Å². The number of phenols is 1. The molecule has 3 unspecified atom stereocenters. The molecule has 0 spiro atoms. The molecule has 0 fully saturated rings. The monoisotopic (exact) mass is 432 g/mol. The van der Waals surface area contributed by atoms with Crippen molar-refractivity contribution in [2.45, 2.75) is 119 Å². The number of phenolic OH excluding ortho intramolecular Hbond substituents is 1. The van der Waals surface area contributed by atoms with Gasteiger partial charge in [0.1, 0.15) is 11.5 Å². The molecule has 0 radical (unpaired) electrons. The molecule has 1 heterocycles. The van der Waals surface area contributed by atoms with Crippen LogP contribution in [0.3, 0.4) is 0 Å². The zero-order valence-electron chi connectivity index (χ0n) is 21.6. The fourth-order valence-electron chi connectivity index (χ4n) is 4.78. The van der Waals surface area contributed by atoms with Crippen molar-refractivity contribution in [3.8, 4) is 11.5 Å². The van der Waals surface area contributed by atoms with E-state index in [-0.39, 0.29) is 0 Å². The van der Waals surface area contributed by atoms with Gasteiger partial charge in [0.2, 0.25) is 5.79 Å². The summed E-state index contributed by atoms with van der Waals surface area (Å²) in [6.07, 6.45) is 10.9. The largest absolute Gasteiger partial charge is 0.507 e. The quantitative estimate of drug-likeness (QED) is 0.363. The SMILES string of the molecule is Cc1c(C)c2c(c(C)c1O)CCC(C)(OCCC(C)CCCC(C)CCCC(C)C)O2. The Hall–Kier alpha value is -1.22. The van der Waals surface area contributed by atoms with Crippen LogP contribution in [0.2, 0.25) is 0 Å². The number of hydrogen-bond acceptors (Lipinski definition) is 3. The van der Waals surface area contributed by atoms with E-state index in [1.807, 2.05) is 20.8 Å². The van der Waals surface area contributed by atoms with Crippen LogP contribution in [0.15, 0.2) is 0 Å². The van der Waals surface area contributed by atoms with Crippen molar-refractivity contribution in [1.82, 2.24) is 0 Å². The molecule has 31 heavy (non-hydrogen) atoms. The molecule has 1 aliphatic rings. The summed E-state index contributed by atoms with van der Waals surface area (Å²) in [5.74, 6) is 3.13. The molecule has 3 nitrogen and oxygen atoms in total. The molecule has 0 saturated heterocycles. The summed E-state index contributed by atoms with van der Waals surface area (Å²) in [7, 11) is 0. The summed E-state index contributed by atoms with van der Waals surface area (Å²) in [4.78, 5) is 0. The highest BCUT2D eigenvalue weighted by molar-refractivity contribution is 5.58. The molecule has 1 aromatic carbocycles. The van der Waals surface area contributed by atoms with Crippen molar-refractivity contribution < 1.29 is 14.6 Å². The lowest BCUT2D eigenvalue weighted by atomic mass is 9.91. The highest BCUT2D eigenvalue weighted by Gasteiger charge is 2.35. The van der Waals surface area contributed by atoms with Crippen LogP contribution in [0.5, 0.6) is 11.5 Å². The van der Waals surface area contributed by atoms with Gasteiger partial charge in [-0.25, -0.2) is 0 Å². The Balaban J connectivity index is 1.74. The van der Waals surface area contributed by atoms with E-state index in [4.69, 9.17) is 9.47 Å². The lowest BCUT2D eigenvalue weighted by molar-refractivity contribution is -0.182. The topological polar surface area (TPSA) is 38.7 Å². The van der Waals surface area contributed by atoms with Crippen molar-refractivity contribution in [3.05, 3.63) is 22.3 Å². The molecule has 178 valence electrons. The molecule has 3 heteroatoms. The van der Waals surface area contributed by atoms with Crippen molar-refractivity contribution in [1.29, 1.82) is 0 Å². The van der Waals surface area contributed by atoms with Gasteiger partial charge in [0, 0.05) is 18.9 Å². The lowest BCUT2D eigenvalue weighted by Crippen LogP contribution is -2.40. The van der Waals surface area contributed by atoms with E-state index in [0.717, 1.165) is 65.7 Å². The van der Waals surface area contributed by atoms with E-state index in [2.05, 4.69) is 34.6 Å². The van der Waals surface area contributed by atoms with Crippen molar-refractivity contribution in [2.75, 3.05) is 6.61 Å². The molecule has 0 bridgehead atoms. The van der Waals surface area contributed by atoms with Gasteiger partial charge in [0.15, 0.2) is 0 Å². The summed E-state index contributed by atoms with van der Waals surface area (Å²) in [5.41, 5.74) is 4.03. The third-order valence-electron chi connectivity index (χ3n) is 7.38. The van der Waals surface area contributed by atoms with Gasteiger partial charge >= 0.3 is 0 Å². The summed E-state index contributed by atoms with van der Waals surface area (Å²) >= 11 is 0.